The fraction of sp³-hybridized carbons (Fsp3) is 0.368. The number of aromatic nitrogens is 4. The average Bonchev–Trinajstić information content (AvgIpc) is 3.08. The van der Waals surface area contributed by atoms with E-state index in [0.717, 1.165) is 18.4 Å². The number of hydrogen-bond donors (Lipinski definition) is 2. The van der Waals surface area contributed by atoms with E-state index in [2.05, 4.69) is 32.9 Å². The number of rotatable bonds is 9. The topological polar surface area (TPSA) is 84.2 Å². The molecule has 27 heavy (non-hydrogen) atoms. The molecular weight excluding hydrogens is 364 g/mol. The van der Waals surface area contributed by atoms with Crippen LogP contribution in [0.1, 0.15) is 37.6 Å². The van der Waals surface area contributed by atoms with Gasteiger partial charge in [0.1, 0.15) is 5.82 Å². The second-order valence-electron chi connectivity index (χ2n) is 6.25. The highest BCUT2D eigenvalue weighted by atomic mass is 35.5. The van der Waals surface area contributed by atoms with Gasteiger partial charge in [0.05, 0.1) is 0 Å². The largest absolute Gasteiger partial charge is 0.364 e. The lowest BCUT2D eigenvalue weighted by Crippen LogP contribution is -2.24. The monoisotopic (exact) mass is 386 g/mol. The molecule has 2 aromatic heterocycles. The molecule has 0 saturated heterocycles. The standard InChI is InChI=1S/C19H23ClN6O/c1-2-3-12-21-19(27)11-10-18-24-23-17-9-8-16(25-26(17)18)22-13-14-6-4-5-7-15(14)20/h4-9H,2-3,10-13H2,1H3,(H,21,27)(H,22,25). The highest BCUT2D eigenvalue weighted by Crippen LogP contribution is 2.16. The molecule has 0 aliphatic rings. The number of anilines is 1. The fourth-order valence-corrected chi connectivity index (χ4v) is 2.83. The number of hydrogen-bond acceptors (Lipinski definition) is 5. The summed E-state index contributed by atoms with van der Waals surface area (Å²) < 4.78 is 1.67. The van der Waals surface area contributed by atoms with Gasteiger partial charge in [-0.25, -0.2) is 0 Å². The second kappa shape index (κ2) is 9.32. The lowest BCUT2D eigenvalue weighted by Gasteiger charge is -2.08. The summed E-state index contributed by atoms with van der Waals surface area (Å²) in [5, 5.41) is 19.7. The van der Waals surface area contributed by atoms with Crippen LogP contribution in [-0.4, -0.2) is 32.3 Å². The van der Waals surface area contributed by atoms with Crippen LogP contribution in [0.15, 0.2) is 36.4 Å². The molecule has 0 fully saturated rings. The van der Waals surface area contributed by atoms with Crippen LogP contribution in [0.5, 0.6) is 0 Å². The Morgan fingerprint density at radius 1 is 1.19 bits per heavy atom. The molecule has 0 aliphatic carbocycles. The molecule has 0 bridgehead atoms. The first-order valence-electron chi connectivity index (χ1n) is 9.12. The van der Waals surface area contributed by atoms with Crippen molar-refractivity contribution in [3.05, 3.63) is 52.8 Å². The van der Waals surface area contributed by atoms with E-state index < -0.39 is 0 Å². The molecule has 3 aromatic rings. The number of carbonyl (C=O) groups is 1. The minimum atomic E-state index is 0.0215. The molecule has 2 N–H and O–H groups in total. The van der Waals surface area contributed by atoms with Crippen molar-refractivity contribution in [2.75, 3.05) is 11.9 Å². The molecule has 0 aliphatic heterocycles. The van der Waals surface area contributed by atoms with Crippen LogP contribution in [0.4, 0.5) is 5.82 Å². The summed E-state index contributed by atoms with van der Waals surface area (Å²) in [7, 11) is 0. The van der Waals surface area contributed by atoms with E-state index in [9.17, 15) is 4.79 Å². The number of carbonyl (C=O) groups excluding carboxylic acids is 1. The number of fused-ring (bicyclic) bond motifs is 1. The number of halogens is 1. The third kappa shape index (κ3) is 5.17. The van der Waals surface area contributed by atoms with Crippen molar-refractivity contribution in [1.29, 1.82) is 0 Å². The van der Waals surface area contributed by atoms with E-state index in [1.54, 1.807) is 4.52 Å². The first kappa shape index (κ1) is 19.1. The predicted octanol–water partition coefficient (Wildman–Crippen LogP) is 3.24. The van der Waals surface area contributed by atoms with Gasteiger partial charge in [0, 0.05) is 31.0 Å². The van der Waals surface area contributed by atoms with Gasteiger partial charge in [-0.05, 0) is 30.2 Å². The summed E-state index contributed by atoms with van der Waals surface area (Å²) in [5.74, 6) is 1.38. The van der Waals surface area contributed by atoms with Crippen LogP contribution in [0.25, 0.3) is 5.65 Å². The average molecular weight is 387 g/mol. The van der Waals surface area contributed by atoms with Crippen molar-refractivity contribution < 1.29 is 4.79 Å². The van der Waals surface area contributed by atoms with Crippen LogP contribution < -0.4 is 10.6 Å². The molecule has 1 aromatic carbocycles. The molecule has 0 radical (unpaired) electrons. The lowest BCUT2D eigenvalue weighted by molar-refractivity contribution is -0.121. The summed E-state index contributed by atoms with van der Waals surface area (Å²) in [6.45, 7) is 3.37. The molecule has 2 heterocycles. The van der Waals surface area contributed by atoms with Gasteiger partial charge in [-0.15, -0.1) is 15.3 Å². The Kier molecular flexibility index (Phi) is 6.59. The van der Waals surface area contributed by atoms with E-state index >= 15 is 0 Å². The van der Waals surface area contributed by atoms with Gasteiger partial charge in [-0.1, -0.05) is 43.1 Å². The number of nitrogens with zero attached hydrogens (tertiary/aromatic N) is 4. The molecule has 0 atom stereocenters. The van der Waals surface area contributed by atoms with Gasteiger partial charge in [-0.3, -0.25) is 4.79 Å². The van der Waals surface area contributed by atoms with Crippen molar-refractivity contribution in [2.45, 2.75) is 39.2 Å². The Balaban J connectivity index is 1.63. The maximum absolute atomic E-state index is 11.9. The summed E-state index contributed by atoms with van der Waals surface area (Å²) in [4.78, 5) is 11.9. The smallest absolute Gasteiger partial charge is 0.220 e. The normalized spacial score (nSPS) is 10.9. The molecule has 0 spiro atoms. The van der Waals surface area contributed by atoms with Crippen molar-refractivity contribution in [2.24, 2.45) is 0 Å². The summed E-state index contributed by atoms with van der Waals surface area (Å²) in [5.41, 5.74) is 1.65. The van der Waals surface area contributed by atoms with Crippen molar-refractivity contribution in [3.63, 3.8) is 0 Å². The van der Waals surface area contributed by atoms with Gasteiger partial charge in [0.15, 0.2) is 11.5 Å². The molecular formula is C19H23ClN6O. The fourth-order valence-electron chi connectivity index (χ4n) is 2.63. The maximum atomic E-state index is 11.9. The van der Waals surface area contributed by atoms with Gasteiger partial charge in [0.2, 0.25) is 5.91 Å². The van der Waals surface area contributed by atoms with Gasteiger partial charge >= 0.3 is 0 Å². The first-order valence-corrected chi connectivity index (χ1v) is 9.50. The highest BCUT2D eigenvalue weighted by Gasteiger charge is 2.10. The first-order chi connectivity index (χ1) is 13.2. The third-order valence-electron chi connectivity index (χ3n) is 4.17. The molecule has 3 rings (SSSR count). The van der Waals surface area contributed by atoms with Crippen LogP contribution in [0.3, 0.4) is 0 Å². The zero-order valence-corrected chi connectivity index (χ0v) is 16.0. The minimum absolute atomic E-state index is 0.0215. The SMILES string of the molecule is CCCCNC(=O)CCc1nnc2ccc(NCc3ccccc3Cl)nn12. The van der Waals surface area contributed by atoms with Crippen LogP contribution >= 0.6 is 11.6 Å². The Labute approximate surface area is 163 Å². The van der Waals surface area contributed by atoms with Crippen LogP contribution in [0, 0.1) is 0 Å². The van der Waals surface area contributed by atoms with E-state index in [1.165, 1.54) is 0 Å². The Bertz CT molecular complexity index is 910. The van der Waals surface area contributed by atoms with E-state index in [-0.39, 0.29) is 5.91 Å². The Morgan fingerprint density at radius 3 is 2.85 bits per heavy atom. The van der Waals surface area contributed by atoms with Gasteiger partial charge < -0.3 is 10.6 Å². The van der Waals surface area contributed by atoms with E-state index in [0.29, 0.717) is 48.2 Å². The van der Waals surface area contributed by atoms with Gasteiger partial charge in [-0.2, -0.15) is 4.52 Å². The zero-order chi connectivity index (χ0) is 19.1. The molecule has 0 saturated carbocycles. The number of aryl methyl sites for hydroxylation is 1. The quantitative estimate of drug-likeness (QED) is 0.551. The summed E-state index contributed by atoms with van der Waals surface area (Å²) in [6, 6.07) is 11.4. The number of unbranched alkanes of at least 4 members (excludes halogenated alkanes) is 1. The molecule has 142 valence electrons. The van der Waals surface area contributed by atoms with Crippen LogP contribution in [-0.2, 0) is 17.8 Å². The Hall–Kier alpha value is -2.67. The lowest BCUT2D eigenvalue weighted by atomic mass is 10.2. The van der Waals surface area contributed by atoms with Gasteiger partial charge in [0.25, 0.3) is 0 Å². The highest BCUT2D eigenvalue weighted by molar-refractivity contribution is 6.31. The van der Waals surface area contributed by atoms with E-state index in [1.807, 2.05) is 36.4 Å². The number of nitrogens with one attached hydrogen (secondary N) is 2. The number of amides is 1. The zero-order valence-electron chi connectivity index (χ0n) is 15.3. The van der Waals surface area contributed by atoms with Crippen molar-refractivity contribution in [3.8, 4) is 0 Å². The molecule has 8 heteroatoms. The van der Waals surface area contributed by atoms with Crippen molar-refractivity contribution >= 4 is 29.0 Å². The minimum Gasteiger partial charge on any atom is -0.364 e. The van der Waals surface area contributed by atoms with E-state index in [4.69, 9.17) is 11.6 Å². The summed E-state index contributed by atoms with van der Waals surface area (Å²) in [6.07, 6.45) is 2.90. The summed E-state index contributed by atoms with van der Waals surface area (Å²) >= 11 is 6.19. The van der Waals surface area contributed by atoms with Crippen molar-refractivity contribution in [1.82, 2.24) is 25.1 Å². The molecule has 7 nitrogen and oxygen atoms in total. The number of benzene rings is 1. The molecule has 1 amide bonds. The third-order valence-corrected chi connectivity index (χ3v) is 4.54. The van der Waals surface area contributed by atoms with Crippen LogP contribution in [0.2, 0.25) is 5.02 Å². The maximum Gasteiger partial charge on any atom is 0.220 e. The predicted molar refractivity (Wildman–Crippen MR) is 106 cm³/mol. The Morgan fingerprint density at radius 2 is 2.04 bits per heavy atom. The second-order valence-corrected chi connectivity index (χ2v) is 6.66. The molecule has 0 unspecified atom stereocenters.